The van der Waals surface area contributed by atoms with Crippen molar-refractivity contribution in [3.8, 4) is 17.2 Å². The quantitative estimate of drug-likeness (QED) is 0.814. The van der Waals surface area contributed by atoms with Crippen LogP contribution in [0.15, 0.2) is 12.1 Å². The highest BCUT2D eigenvalue weighted by molar-refractivity contribution is 6.00. The number of hydrogen-bond donors (Lipinski definition) is 1. The van der Waals surface area contributed by atoms with Crippen molar-refractivity contribution in [1.82, 2.24) is 5.32 Å². The van der Waals surface area contributed by atoms with Crippen LogP contribution in [0, 0.1) is 5.92 Å². The molecule has 0 radical (unpaired) electrons. The molecule has 0 bridgehead atoms. The number of hydrogen-bond acceptors (Lipinski definition) is 5. The number of methoxy groups -OCH3 is 3. The van der Waals surface area contributed by atoms with Crippen LogP contribution in [0.5, 0.6) is 17.2 Å². The lowest BCUT2D eigenvalue weighted by Crippen LogP contribution is -2.38. The zero-order chi connectivity index (χ0) is 18.6. The van der Waals surface area contributed by atoms with Gasteiger partial charge in [-0.2, -0.15) is 0 Å². The summed E-state index contributed by atoms with van der Waals surface area (Å²) in [5, 5.41) is 2.94. The maximum atomic E-state index is 12.4. The van der Waals surface area contributed by atoms with Crippen LogP contribution in [0.2, 0.25) is 0 Å². The molecule has 1 aromatic rings. The Labute approximate surface area is 148 Å². The van der Waals surface area contributed by atoms with Crippen LogP contribution in [0.4, 0.5) is 5.69 Å². The minimum absolute atomic E-state index is 0.0855. The predicted molar refractivity (Wildman–Crippen MR) is 94.5 cm³/mol. The third-order valence-electron chi connectivity index (χ3n) is 4.46. The number of nitrogens with zero attached hydrogens (tertiary/aromatic N) is 1. The van der Waals surface area contributed by atoms with Gasteiger partial charge in [0.25, 0.3) is 0 Å². The highest BCUT2D eigenvalue weighted by Gasteiger charge is 2.36. The Hall–Kier alpha value is -2.44. The van der Waals surface area contributed by atoms with E-state index < -0.39 is 0 Å². The van der Waals surface area contributed by atoms with E-state index in [2.05, 4.69) is 5.32 Å². The van der Waals surface area contributed by atoms with Gasteiger partial charge in [-0.1, -0.05) is 6.92 Å². The first-order valence-electron chi connectivity index (χ1n) is 8.35. The maximum absolute atomic E-state index is 12.4. The van der Waals surface area contributed by atoms with Crippen molar-refractivity contribution in [2.24, 2.45) is 5.92 Å². The summed E-state index contributed by atoms with van der Waals surface area (Å²) in [4.78, 5) is 26.3. The van der Waals surface area contributed by atoms with Crippen LogP contribution in [0.3, 0.4) is 0 Å². The Kier molecular flexibility index (Phi) is 6.12. The van der Waals surface area contributed by atoms with Gasteiger partial charge in [-0.3, -0.25) is 9.59 Å². The third-order valence-corrected chi connectivity index (χ3v) is 4.46. The number of nitrogens with one attached hydrogen (secondary N) is 1. The summed E-state index contributed by atoms with van der Waals surface area (Å²) in [5.41, 5.74) is 0.623. The van der Waals surface area contributed by atoms with Gasteiger partial charge in [0, 0.05) is 31.1 Å². The van der Waals surface area contributed by atoms with E-state index in [1.165, 1.54) is 21.3 Å². The number of carbonyl (C=O) groups is 2. The largest absolute Gasteiger partial charge is 0.493 e. The molecule has 2 amide bonds. The summed E-state index contributed by atoms with van der Waals surface area (Å²) in [6.45, 7) is 4.29. The molecule has 1 heterocycles. The molecule has 1 aliphatic rings. The topological polar surface area (TPSA) is 77.1 Å². The smallest absolute Gasteiger partial charge is 0.227 e. The van der Waals surface area contributed by atoms with Crippen molar-refractivity contribution in [3.63, 3.8) is 0 Å². The molecule has 0 spiro atoms. The Balaban J connectivity index is 2.24. The lowest BCUT2D eigenvalue weighted by Gasteiger charge is -2.21. The fourth-order valence-corrected chi connectivity index (χ4v) is 2.82. The van der Waals surface area contributed by atoms with E-state index in [4.69, 9.17) is 14.2 Å². The Morgan fingerprint density at radius 2 is 1.84 bits per heavy atom. The van der Waals surface area contributed by atoms with Crippen LogP contribution in [0.1, 0.15) is 26.7 Å². The van der Waals surface area contributed by atoms with Crippen LogP contribution < -0.4 is 24.4 Å². The number of anilines is 1. The van der Waals surface area contributed by atoms with E-state index in [0.717, 1.165) is 6.42 Å². The van der Waals surface area contributed by atoms with E-state index in [1.807, 2.05) is 13.8 Å². The fraction of sp³-hybridized carbons (Fsp3) is 0.556. The number of ether oxygens (including phenoxy) is 3. The first-order valence-corrected chi connectivity index (χ1v) is 8.35. The van der Waals surface area contributed by atoms with Gasteiger partial charge in [0.2, 0.25) is 17.6 Å². The maximum Gasteiger partial charge on any atom is 0.227 e. The normalized spacial score (nSPS) is 18.0. The van der Waals surface area contributed by atoms with Gasteiger partial charge in [0.05, 0.1) is 32.9 Å². The first kappa shape index (κ1) is 18.9. The molecule has 1 aliphatic heterocycles. The van der Waals surface area contributed by atoms with Gasteiger partial charge < -0.3 is 24.4 Å². The van der Waals surface area contributed by atoms with Crippen molar-refractivity contribution in [2.75, 3.05) is 32.8 Å². The molecule has 0 aliphatic carbocycles. The van der Waals surface area contributed by atoms with Gasteiger partial charge in [-0.15, -0.1) is 0 Å². The van der Waals surface area contributed by atoms with E-state index in [9.17, 15) is 9.59 Å². The van der Waals surface area contributed by atoms with E-state index in [-0.39, 0.29) is 30.2 Å². The monoisotopic (exact) mass is 350 g/mol. The van der Waals surface area contributed by atoms with E-state index >= 15 is 0 Å². The van der Waals surface area contributed by atoms with Gasteiger partial charge in [-0.05, 0) is 13.3 Å². The van der Waals surface area contributed by atoms with Crippen molar-refractivity contribution < 1.29 is 23.8 Å². The first-order chi connectivity index (χ1) is 11.9. The molecule has 1 fully saturated rings. The average molecular weight is 350 g/mol. The zero-order valence-corrected chi connectivity index (χ0v) is 15.4. The minimum atomic E-state index is -0.361. The Morgan fingerprint density at radius 1 is 1.24 bits per heavy atom. The molecule has 25 heavy (non-hydrogen) atoms. The summed E-state index contributed by atoms with van der Waals surface area (Å²) in [6.07, 6.45) is 1.04. The van der Waals surface area contributed by atoms with Gasteiger partial charge in [-0.25, -0.2) is 0 Å². The average Bonchev–Trinajstić information content (AvgIpc) is 3.01. The van der Waals surface area contributed by atoms with Crippen molar-refractivity contribution >= 4 is 17.5 Å². The van der Waals surface area contributed by atoms with Gasteiger partial charge in [0.15, 0.2) is 11.5 Å². The molecule has 138 valence electrons. The molecule has 1 saturated heterocycles. The molecule has 0 saturated carbocycles. The number of amides is 2. The van der Waals surface area contributed by atoms with Crippen LogP contribution in [0.25, 0.3) is 0 Å². The molecule has 2 atom stereocenters. The van der Waals surface area contributed by atoms with Crippen LogP contribution in [-0.2, 0) is 9.59 Å². The molecule has 2 rings (SSSR count). The second kappa shape index (κ2) is 8.09. The SMILES string of the molecule is CCC(C)NC(=O)C1CC(=O)N(c2cc(OC)c(OC)c(OC)c2)C1. The Bertz CT molecular complexity index is 621. The number of carbonyl (C=O) groups excluding carboxylic acids is 2. The van der Waals surface area contributed by atoms with E-state index in [0.29, 0.717) is 29.5 Å². The standard InChI is InChI=1S/C18H26N2O5/c1-6-11(2)19-18(22)12-7-16(21)20(10-12)13-8-14(23-3)17(25-5)15(9-13)24-4/h8-9,11-12H,6-7,10H2,1-5H3,(H,19,22). The second-order valence-corrected chi connectivity index (χ2v) is 6.11. The molecular weight excluding hydrogens is 324 g/mol. The molecular formula is C18H26N2O5. The molecule has 7 nitrogen and oxygen atoms in total. The highest BCUT2D eigenvalue weighted by Crippen LogP contribution is 2.42. The molecule has 7 heteroatoms. The molecule has 2 unspecified atom stereocenters. The summed E-state index contributed by atoms with van der Waals surface area (Å²) in [6, 6.07) is 3.53. The number of benzene rings is 1. The summed E-state index contributed by atoms with van der Waals surface area (Å²) < 4.78 is 16.0. The lowest BCUT2D eigenvalue weighted by molar-refractivity contribution is -0.126. The Morgan fingerprint density at radius 3 is 2.32 bits per heavy atom. The second-order valence-electron chi connectivity index (χ2n) is 6.11. The lowest BCUT2D eigenvalue weighted by atomic mass is 10.1. The highest BCUT2D eigenvalue weighted by atomic mass is 16.5. The fourth-order valence-electron chi connectivity index (χ4n) is 2.82. The van der Waals surface area contributed by atoms with E-state index in [1.54, 1.807) is 17.0 Å². The molecule has 0 aromatic heterocycles. The van der Waals surface area contributed by atoms with Gasteiger partial charge >= 0.3 is 0 Å². The van der Waals surface area contributed by atoms with Crippen LogP contribution in [-0.4, -0.2) is 45.7 Å². The summed E-state index contributed by atoms with van der Waals surface area (Å²) in [5.74, 6) is 0.859. The molecule has 1 aromatic carbocycles. The van der Waals surface area contributed by atoms with Crippen molar-refractivity contribution in [2.45, 2.75) is 32.7 Å². The molecule has 1 N–H and O–H groups in total. The van der Waals surface area contributed by atoms with Crippen LogP contribution >= 0.6 is 0 Å². The predicted octanol–water partition coefficient (Wildman–Crippen LogP) is 1.98. The van der Waals surface area contributed by atoms with Crippen molar-refractivity contribution in [1.29, 1.82) is 0 Å². The third kappa shape index (κ3) is 3.97. The summed E-state index contributed by atoms with van der Waals surface area (Å²) >= 11 is 0. The van der Waals surface area contributed by atoms with Crippen molar-refractivity contribution in [3.05, 3.63) is 12.1 Å². The summed E-state index contributed by atoms with van der Waals surface area (Å²) in [7, 11) is 4.57. The van der Waals surface area contributed by atoms with Gasteiger partial charge in [0.1, 0.15) is 0 Å². The number of rotatable bonds is 7. The zero-order valence-electron chi connectivity index (χ0n) is 15.4. The minimum Gasteiger partial charge on any atom is -0.493 e.